The predicted octanol–water partition coefficient (Wildman–Crippen LogP) is 3.35. The van der Waals surface area contributed by atoms with Crippen molar-refractivity contribution in [2.75, 3.05) is 23.7 Å². The molecule has 138 valence electrons. The van der Waals surface area contributed by atoms with E-state index in [1.165, 1.54) is 11.0 Å². The summed E-state index contributed by atoms with van der Waals surface area (Å²) in [7, 11) is 0. The summed E-state index contributed by atoms with van der Waals surface area (Å²) in [5, 5.41) is 15.4. The van der Waals surface area contributed by atoms with Crippen molar-refractivity contribution in [2.45, 2.75) is 25.9 Å². The summed E-state index contributed by atoms with van der Waals surface area (Å²) < 4.78 is 14.0. The molecule has 0 radical (unpaired) electrons. The Morgan fingerprint density at radius 2 is 2.31 bits per heavy atom. The van der Waals surface area contributed by atoms with E-state index in [1.807, 2.05) is 13.0 Å². The number of para-hydroxylation sites is 1. The lowest BCUT2D eigenvalue weighted by molar-refractivity contribution is 0.155. The summed E-state index contributed by atoms with van der Waals surface area (Å²) >= 11 is 5.90. The first-order chi connectivity index (χ1) is 12.4. The van der Waals surface area contributed by atoms with Crippen LogP contribution in [0.5, 0.6) is 0 Å². The molecule has 1 atom stereocenters. The highest BCUT2D eigenvalue weighted by molar-refractivity contribution is 6.28. The molecule has 3 N–H and O–H groups in total. The Hall–Kier alpha value is -2.61. The average molecular weight is 380 g/mol. The molecule has 0 bridgehead atoms. The third-order valence-corrected chi connectivity index (χ3v) is 4.49. The molecule has 26 heavy (non-hydrogen) atoms. The summed E-state index contributed by atoms with van der Waals surface area (Å²) in [6, 6.07) is 4.81. The predicted molar refractivity (Wildman–Crippen MR) is 97.1 cm³/mol. The van der Waals surface area contributed by atoms with Crippen molar-refractivity contribution in [2.24, 2.45) is 0 Å². The van der Waals surface area contributed by atoms with Crippen molar-refractivity contribution in [3.63, 3.8) is 0 Å². The van der Waals surface area contributed by atoms with Gasteiger partial charge in [-0.15, -0.1) is 0 Å². The van der Waals surface area contributed by atoms with Gasteiger partial charge in [-0.25, -0.2) is 19.2 Å². The van der Waals surface area contributed by atoms with Crippen molar-refractivity contribution >= 4 is 29.2 Å². The molecule has 2 aromatic rings. The first-order valence-corrected chi connectivity index (χ1v) is 8.56. The normalized spacial score (nSPS) is 16.6. The van der Waals surface area contributed by atoms with Gasteiger partial charge in [0, 0.05) is 37.4 Å². The molecule has 1 aliphatic rings. The Balaban J connectivity index is 1.73. The van der Waals surface area contributed by atoms with Crippen LogP contribution in [0, 0.1) is 12.7 Å². The lowest BCUT2D eigenvalue weighted by Gasteiger charge is -2.18. The van der Waals surface area contributed by atoms with Crippen molar-refractivity contribution in [1.29, 1.82) is 0 Å². The Morgan fingerprint density at radius 1 is 1.50 bits per heavy atom. The molecule has 1 aliphatic heterocycles. The van der Waals surface area contributed by atoms with Crippen LogP contribution in [-0.2, 0) is 6.54 Å². The van der Waals surface area contributed by atoms with E-state index in [4.69, 9.17) is 16.7 Å². The maximum Gasteiger partial charge on any atom is 0.407 e. The maximum atomic E-state index is 14.0. The number of nitrogens with zero attached hydrogens (tertiary/aromatic N) is 3. The van der Waals surface area contributed by atoms with E-state index < -0.39 is 6.09 Å². The Morgan fingerprint density at radius 3 is 3.00 bits per heavy atom. The minimum atomic E-state index is -0.938. The van der Waals surface area contributed by atoms with Crippen LogP contribution >= 0.6 is 11.6 Å². The summed E-state index contributed by atoms with van der Waals surface area (Å²) in [6.45, 7) is 2.96. The van der Waals surface area contributed by atoms with Gasteiger partial charge in [0.15, 0.2) is 0 Å². The zero-order valence-electron chi connectivity index (χ0n) is 14.2. The van der Waals surface area contributed by atoms with Crippen LogP contribution in [0.25, 0.3) is 0 Å². The van der Waals surface area contributed by atoms with E-state index in [9.17, 15) is 9.18 Å². The van der Waals surface area contributed by atoms with Gasteiger partial charge in [-0.2, -0.15) is 0 Å². The number of halogens is 2. The van der Waals surface area contributed by atoms with Crippen LogP contribution in [0.4, 0.5) is 20.7 Å². The zero-order valence-corrected chi connectivity index (χ0v) is 14.9. The number of aryl methyl sites for hydroxylation is 1. The molecule has 3 rings (SSSR count). The number of carbonyl (C=O) groups is 1. The number of anilines is 2. The fraction of sp³-hybridized carbons (Fsp3) is 0.353. The lowest BCUT2D eigenvalue weighted by atomic mass is 10.2. The number of hydrogen-bond donors (Lipinski definition) is 3. The Labute approximate surface area is 155 Å². The van der Waals surface area contributed by atoms with Gasteiger partial charge in [-0.3, -0.25) is 0 Å². The number of rotatable bonds is 5. The topological polar surface area (TPSA) is 90.4 Å². The molecule has 0 unspecified atom stereocenters. The molecule has 0 saturated carbocycles. The SMILES string of the molecule is Cc1cccc(F)c1NCc1cnc(Cl)nc1N[C@H]1CCN(C(=O)O)C1. The highest BCUT2D eigenvalue weighted by atomic mass is 35.5. The molecule has 2 heterocycles. The average Bonchev–Trinajstić information content (AvgIpc) is 3.05. The molecular weight excluding hydrogens is 361 g/mol. The number of aromatic nitrogens is 2. The van der Waals surface area contributed by atoms with Crippen LogP contribution in [0.1, 0.15) is 17.5 Å². The van der Waals surface area contributed by atoms with Crippen molar-refractivity contribution in [3.05, 3.63) is 46.6 Å². The van der Waals surface area contributed by atoms with Crippen molar-refractivity contribution in [1.82, 2.24) is 14.9 Å². The number of benzene rings is 1. The van der Waals surface area contributed by atoms with Crippen LogP contribution in [0.15, 0.2) is 24.4 Å². The lowest BCUT2D eigenvalue weighted by Crippen LogP contribution is -2.30. The molecule has 1 amide bonds. The van der Waals surface area contributed by atoms with Gasteiger partial charge in [0.05, 0.1) is 5.69 Å². The molecule has 1 aromatic heterocycles. The Bertz CT molecular complexity index is 799. The first-order valence-electron chi connectivity index (χ1n) is 8.19. The minimum absolute atomic E-state index is 0.0639. The minimum Gasteiger partial charge on any atom is -0.465 e. The van der Waals surface area contributed by atoms with E-state index >= 15 is 0 Å². The fourth-order valence-corrected chi connectivity index (χ4v) is 3.06. The molecular formula is C17H19ClFN5O2. The second kappa shape index (κ2) is 7.74. The van der Waals surface area contributed by atoms with E-state index in [1.54, 1.807) is 12.3 Å². The largest absolute Gasteiger partial charge is 0.465 e. The number of amides is 1. The molecule has 1 saturated heterocycles. The second-order valence-electron chi connectivity index (χ2n) is 6.16. The maximum absolute atomic E-state index is 14.0. The van der Waals surface area contributed by atoms with E-state index in [-0.39, 0.29) is 17.1 Å². The second-order valence-corrected chi connectivity index (χ2v) is 6.49. The fourth-order valence-electron chi connectivity index (χ4n) is 2.92. The number of nitrogens with one attached hydrogen (secondary N) is 2. The van der Waals surface area contributed by atoms with Gasteiger partial charge >= 0.3 is 6.09 Å². The molecule has 1 aromatic carbocycles. The zero-order chi connectivity index (χ0) is 18.7. The van der Waals surface area contributed by atoms with Crippen LogP contribution in [-0.4, -0.2) is 45.2 Å². The number of hydrogen-bond acceptors (Lipinski definition) is 5. The van der Waals surface area contributed by atoms with Crippen LogP contribution < -0.4 is 10.6 Å². The number of likely N-dealkylation sites (tertiary alicyclic amines) is 1. The molecule has 0 spiro atoms. The van der Waals surface area contributed by atoms with E-state index in [0.717, 1.165) is 5.56 Å². The third-order valence-electron chi connectivity index (χ3n) is 4.31. The highest BCUT2D eigenvalue weighted by Gasteiger charge is 2.26. The van der Waals surface area contributed by atoms with Gasteiger partial charge in [-0.1, -0.05) is 12.1 Å². The van der Waals surface area contributed by atoms with Crippen molar-refractivity contribution < 1.29 is 14.3 Å². The standard InChI is InChI=1S/C17H19ClFN5O2/c1-10-3-2-4-13(19)14(10)20-7-11-8-21-16(18)23-15(11)22-12-5-6-24(9-12)17(25)26/h2-4,8,12,20H,5-7,9H2,1H3,(H,25,26)(H,21,22,23)/t12-/m0/s1. The quantitative estimate of drug-likeness (QED) is 0.690. The van der Waals surface area contributed by atoms with Crippen LogP contribution in [0.2, 0.25) is 5.28 Å². The van der Waals surface area contributed by atoms with Gasteiger partial charge in [0.1, 0.15) is 11.6 Å². The molecule has 7 nitrogen and oxygen atoms in total. The van der Waals surface area contributed by atoms with Gasteiger partial charge in [0.2, 0.25) is 5.28 Å². The van der Waals surface area contributed by atoms with Gasteiger partial charge in [0.25, 0.3) is 0 Å². The summed E-state index contributed by atoms with van der Waals surface area (Å²) in [5.74, 6) is 0.186. The van der Waals surface area contributed by atoms with E-state index in [2.05, 4.69) is 20.6 Å². The summed E-state index contributed by atoms with van der Waals surface area (Å²) in [5.41, 5.74) is 1.93. The third kappa shape index (κ3) is 4.13. The smallest absolute Gasteiger partial charge is 0.407 e. The molecule has 1 fully saturated rings. The van der Waals surface area contributed by atoms with Gasteiger partial charge in [-0.05, 0) is 36.6 Å². The summed E-state index contributed by atoms with van der Waals surface area (Å²) in [4.78, 5) is 20.6. The molecule has 0 aliphatic carbocycles. The Kier molecular flexibility index (Phi) is 5.41. The summed E-state index contributed by atoms with van der Waals surface area (Å²) in [6.07, 6.45) is 1.31. The van der Waals surface area contributed by atoms with E-state index in [0.29, 0.717) is 43.1 Å². The number of carboxylic acid groups (broad SMARTS) is 1. The monoisotopic (exact) mass is 379 g/mol. The van der Waals surface area contributed by atoms with Crippen LogP contribution in [0.3, 0.4) is 0 Å². The first kappa shape index (κ1) is 18.2. The van der Waals surface area contributed by atoms with Gasteiger partial charge < -0.3 is 20.6 Å². The molecule has 9 heteroatoms. The van der Waals surface area contributed by atoms with Crippen molar-refractivity contribution in [3.8, 4) is 0 Å². The highest BCUT2D eigenvalue weighted by Crippen LogP contribution is 2.23.